The van der Waals surface area contributed by atoms with Crippen LogP contribution in [0.25, 0.3) is 0 Å². The van der Waals surface area contributed by atoms with E-state index in [1.165, 1.54) is 30.0 Å². The number of fused-ring (bicyclic) bond motifs is 1. The van der Waals surface area contributed by atoms with E-state index in [9.17, 15) is 24.3 Å². The molecule has 1 saturated heterocycles. The molecule has 2 unspecified atom stereocenters. The van der Waals surface area contributed by atoms with E-state index in [1.807, 2.05) is 6.92 Å². The van der Waals surface area contributed by atoms with E-state index in [0.717, 1.165) is 4.90 Å². The predicted octanol–water partition coefficient (Wildman–Crippen LogP) is 1.19. The predicted molar refractivity (Wildman–Crippen MR) is 123 cm³/mol. The molecule has 0 spiro atoms. The number of hydrogen-bond acceptors (Lipinski definition) is 8. The summed E-state index contributed by atoms with van der Waals surface area (Å²) in [6, 6.07) is 12.2. The molecule has 34 heavy (non-hydrogen) atoms. The maximum Gasteiger partial charge on any atom is 0.352 e. The van der Waals surface area contributed by atoms with Gasteiger partial charge in [-0.05, 0) is 37.3 Å². The molecule has 0 saturated carbocycles. The molecule has 11 nitrogen and oxygen atoms in total. The van der Waals surface area contributed by atoms with Crippen molar-refractivity contribution in [2.24, 2.45) is 5.16 Å². The number of amides is 3. The first-order valence-electron chi connectivity index (χ1n) is 10.1. The van der Waals surface area contributed by atoms with E-state index < -0.39 is 29.2 Å². The number of thioether (sulfide) groups is 1. The second-order valence-electron chi connectivity index (χ2n) is 7.26. The Labute approximate surface area is 197 Å². The number of anilines is 1. The molecule has 0 aliphatic carbocycles. The van der Waals surface area contributed by atoms with Crippen molar-refractivity contribution < 1.29 is 29.1 Å². The van der Waals surface area contributed by atoms with Gasteiger partial charge in [0.25, 0.3) is 11.8 Å². The number of carboxylic acid groups (broad SMARTS) is 1. The van der Waals surface area contributed by atoms with Gasteiger partial charge in [-0.2, -0.15) is 0 Å². The average Bonchev–Trinajstić information content (AvgIpc) is 2.83. The number of aromatic nitrogens is 1. The zero-order chi connectivity index (χ0) is 24.2. The first-order chi connectivity index (χ1) is 16.4. The van der Waals surface area contributed by atoms with Gasteiger partial charge in [0.1, 0.15) is 28.6 Å². The molecule has 2 aliphatic heterocycles. The maximum atomic E-state index is 13.2. The van der Waals surface area contributed by atoms with Gasteiger partial charge in [-0.25, -0.2) is 9.78 Å². The minimum Gasteiger partial charge on any atom is -0.477 e. The maximum absolute atomic E-state index is 13.2. The highest BCUT2D eigenvalue weighted by molar-refractivity contribution is 8.00. The minimum absolute atomic E-state index is 0.0969. The molecule has 3 heterocycles. The first-order valence-corrected chi connectivity index (χ1v) is 11.1. The van der Waals surface area contributed by atoms with Crippen molar-refractivity contribution in [2.45, 2.75) is 23.6 Å². The van der Waals surface area contributed by atoms with Gasteiger partial charge in [0, 0.05) is 5.25 Å². The molecular formula is C22H19N5O6S. The number of nitrogens with one attached hydrogen (secondary N) is 2. The van der Waals surface area contributed by atoms with Crippen LogP contribution in [0.1, 0.15) is 12.6 Å². The van der Waals surface area contributed by atoms with Crippen LogP contribution in [0, 0.1) is 0 Å². The second-order valence-corrected chi connectivity index (χ2v) is 8.76. The van der Waals surface area contributed by atoms with Crippen LogP contribution >= 0.6 is 11.8 Å². The van der Waals surface area contributed by atoms with Crippen molar-refractivity contribution in [3.63, 3.8) is 0 Å². The minimum atomic E-state index is -1.21. The van der Waals surface area contributed by atoms with Gasteiger partial charge in [-0.3, -0.25) is 19.3 Å². The number of aliphatic carboxylic acids is 1. The smallest absolute Gasteiger partial charge is 0.352 e. The van der Waals surface area contributed by atoms with E-state index in [1.54, 1.807) is 36.4 Å². The van der Waals surface area contributed by atoms with Crippen molar-refractivity contribution in [1.29, 1.82) is 0 Å². The van der Waals surface area contributed by atoms with Crippen LogP contribution in [-0.4, -0.2) is 61.6 Å². The first kappa shape index (κ1) is 23.0. The fourth-order valence-electron chi connectivity index (χ4n) is 3.43. The zero-order valence-electron chi connectivity index (χ0n) is 17.7. The quantitative estimate of drug-likeness (QED) is 0.220. The average molecular weight is 481 g/mol. The van der Waals surface area contributed by atoms with Crippen LogP contribution in [0.4, 0.5) is 5.82 Å². The van der Waals surface area contributed by atoms with Crippen LogP contribution in [-0.2, 0) is 19.2 Å². The lowest BCUT2D eigenvalue weighted by Crippen LogP contribution is -2.71. The molecule has 174 valence electrons. The highest BCUT2D eigenvalue weighted by Crippen LogP contribution is 2.40. The number of oxime groups is 1. The third-order valence-electron chi connectivity index (χ3n) is 4.95. The van der Waals surface area contributed by atoms with Crippen LogP contribution < -0.4 is 15.5 Å². The molecule has 0 bridgehead atoms. The summed E-state index contributed by atoms with van der Waals surface area (Å²) in [6.07, 6.45) is 1.94. The normalized spacial score (nSPS) is 21.5. The largest absolute Gasteiger partial charge is 0.477 e. The fraction of sp³-hybridized carbons (Fsp3) is 0.182. The summed E-state index contributed by atoms with van der Waals surface area (Å²) in [5, 5.41) is 17.6. The van der Waals surface area contributed by atoms with Crippen molar-refractivity contribution in [2.75, 3.05) is 5.32 Å². The third kappa shape index (κ3) is 4.62. The lowest BCUT2D eigenvalue weighted by atomic mass is 10.0. The van der Waals surface area contributed by atoms with Crippen LogP contribution in [0.5, 0.6) is 5.75 Å². The molecule has 0 radical (unpaired) electrons. The highest BCUT2D eigenvalue weighted by Gasteiger charge is 2.54. The van der Waals surface area contributed by atoms with Gasteiger partial charge in [0.15, 0.2) is 11.5 Å². The number of rotatable bonds is 8. The Kier molecular flexibility index (Phi) is 6.59. The highest BCUT2D eigenvalue weighted by atomic mass is 32.2. The van der Waals surface area contributed by atoms with Crippen molar-refractivity contribution in [3.8, 4) is 5.75 Å². The summed E-state index contributed by atoms with van der Waals surface area (Å²) in [4.78, 5) is 58.9. The molecular weight excluding hydrogens is 462 g/mol. The summed E-state index contributed by atoms with van der Waals surface area (Å²) in [5.41, 5.74) is -0.241. The molecule has 2 aliphatic rings. The summed E-state index contributed by atoms with van der Waals surface area (Å²) in [5.74, 6) is -1.94. The summed E-state index contributed by atoms with van der Waals surface area (Å²) >= 11 is 1.35. The molecule has 3 atom stereocenters. The number of nitrogens with zero attached hydrogens (tertiary/aromatic N) is 3. The zero-order valence-corrected chi connectivity index (χ0v) is 18.6. The Hall–Kier alpha value is -4.19. The molecule has 1 aromatic carbocycles. The Morgan fingerprint density at radius 1 is 1.21 bits per heavy atom. The van der Waals surface area contributed by atoms with E-state index in [4.69, 9.17) is 4.84 Å². The number of carbonyl (C=O) groups is 4. The SMILES string of the molecule is CC1C=C(C(=O)O)N2C(=O)C(NC(=O)C(=NOc3ccccc3)c3cccc(NC=O)n3)[C@@H]2S1. The van der Waals surface area contributed by atoms with Crippen LogP contribution in [0.3, 0.4) is 0 Å². The fourth-order valence-corrected chi connectivity index (χ4v) is 4.76. The molecule has 1 aromatic heterocycles. The Bertz CT molecular complexity index is 1200. The Morgan fingerprint density at radius 3 is 2.68 bits per heavy atom. The summed E-state index contributed by atoms with van der Waals surface area (Å²) < 4.78 is 0. The number of β-lactam (4-membered cyclic amide) rings is 1. The van der Waals surface area contributed by atoms with Gasteiger partial charge < -0.3 is 20.6 Å². The van der Waals surface area contributed by atoms with E-state index in [0.29, 0.717) is 12.2 Å². The van der Waals surface area contributed by atoms with Gasteiger partial charge in [-0.1, -0.05) is 29.4 Å². The van der Waals surface area contributed by atoms with E-state index >= 15 is 0 Å². The summed E-state index contributed by atoms with van der Waals surface area (Å²) in [7, 11) is 0. The van der Waals surface area contributed by atoms with Gasteiger partial charge in [-0.15, -0.1) is 11.8 Å². The number of benzene rings is 1. The Morgan fingerprint density at radius 2 is 1.97 bits per heavy atom. The number of pyridine rings is 1. The monoisotopic (exact) mass is 481 g/mol. The molecule has 4 rings (SSSR count). The van der Waals surface area contributed by atoms with Gasteiger partial charge >= 0.3 is 5.97 Å². The lowest BCUT2D eigenvalue weighted by molar-refractivity contribution is -0.150. The van der Waals surface area contributed by atoms with Crippen molar-refractivity contribution in [3.05, 3.63) is 66.0 Å². The van der Waals surface area contributed by atoms with E-state index in [-0.39, 0.29) is 28.2 Å². The second kappa shape index (κ2) is 9.75. The summed E-state index contributed by atoms with van der Waals surface area (Å²) in [6.45, 7) is 1.81. The van der Waals surface area contributed by atoms with Gasteiger partial charge in [0.2, 0.25) is 6.41 Å². The van der Waals surface area contributed by atoms with Crippen LogP contribution in [0.15, 0.2) is 65.5 Å². The Balaban J connectivity index is 1.59. The molecule has 2 aromatic rings. The topological polar surface area (TPSA) is 150 Å². The molecule has 12 heteroatoms. The number of para-hydroxylation sites is 1. The van der Waals surface area contributed by atoms with Crippen LogP contribution in [0.2, 0.25) is 0 Å². The lowest BCUT2D eigenvalue weighted by Gasteiger charge is -2.49. The molecule has 3 amide bonds. The van der Waals surface area contributed by atoms with Gasteiger partial charge in [0.05, 0.1) is 0 Å². The number of carbonyl (C=O) groups excluding carboxylic acids is 3. The van der Waals surface area contributed by atoms with Crippen molar-refractivity contribution >= 4 is 47.5 Å². The van der Waals surface area contributed by atoms with Crippen molar-refractivity contribution in [1.82, 2.24) is 15.2 Å². The molecule has 3 N–H and O–H groups in total. The number of carboxylic acids is 1. The molecule has 1 fully saturated rings. The standard InChI is InChI=1S/C22H19N5O6S/c1-12-10-15(22(31)32)27-20(30)18(21(27)34-12)25-19(29)17(26-33-13-6-3-2-4-7-13)14-8-5-9-16(24-14)23-11-28/h2-12,18,21H,1H3,(H,25,29)(H,31,32)(H,23,24,28)/t12?,18?,21-/m0/s1. The van der Waals surface area contributed by atoms with E-state index in [2.05, 4.69) is 20.8 Å². The third-order valence-corrected chi connectivity index (χ3v) is 6.28. The number of hydrogen-bond donors (Lipinski definition) is 3.